The lowest BCUT2D eigenvalue weighted by molar-refractivity contribution is 0.0986. The van der Waals surface area contributed by atoms with E-state index in [-0.39, 0.29) is 12.1 Å². The summed E-state index contributed by atoms with van der Waals surface area (Å²) in [5.74, 6) is 0.842. The van der Waals surface area contributed by atoms with Crippen LogP contribution in [0.5, 0.6) is 0 Å². The summed E-state index contributed by atoms with van der Waals surface area (Å²) in [6.07, 6.45) is 2.92. The lowest BCUT2D eigenvalue weighted by Crippen LogP contribution is -2.44. The molecule has 1 aliphatic rings. The average Bonchev–Trinajstić information content (AvgIpc) is 3.46. The molecular formula is C24H28N6O3S. The van der Waals surface area contributed by atoms with Crippen LogP contribution in [0.15, 0.2) is 47.5 Å². The Labute approximate surface area is 198 Å². The number of nitrogens with zero attached hydrogens (tertiary/aromatic N) is 5. The number of sulfone groups is 1. The number of ether oxygens (including phenoxy) is 1. The molecule has 0 aliphatic carbocycles. The number of aromatic nitrogens is 5. The first kappa shape index (κ1) is 22.5. The summed E-state index contributed by atoms with van der Waals surface area (Å²) in [5, 5.41) is 12.1. The van der Waals surface area contributed by atoms with Crippen LogP contribution in [-0.2, 0) is 14.6 Å². The second-order valence-electron chi connectivity index (χ2n) is 9.00. The normalized spacial score (nSPS) is 17.1. The molecule has 0 saturated carbocycles. The highest BCUT2D eigenvalue weighted by atomic mass is 32.2. The van der Waals surface area contributed by atoms with Crippen molar-refractivity contribution in [2.45, 2.75) is 37.8 Å². The molecule has 4 heterocycles. The van der Waals surface area contributed by atoms with Crippen LogP contribution in [0.2, 0.25) is 0 Å². The largest absolute Gasteiger partial charge is 0.377 e. The maximum Gasteiger partial charge on any atom is 0.175 e. The van der Waals surface area contributed by atoms with E-state index in [0.29, 0.717) is 18.1 Å². The molecule has 1 fully saturated rings. The number of H-pyrrole nitrogens is 1. The van der Waals surface area contributed by atoms with E-state index in [1.54, 1.807) is 18.3 Å². The van der Waals surface area contributed by atoms with Gasteiger partial charge in [-0.25, -0.2) is 13.4 Å². The van der Waals surface area contributed by atoms with Gasteiger partial charge >= 0.3 is 0 Å². The van der Waals surface area contributed by atoms with E-state index in [0.717, 1.165) is 45.9 Å². The van der Waals surface area contributed by atoms with E-state index in [1.165, 1.54) is 6.26 Å². The fraction of sp³-hybridized carbons (Fsp3) is 0.375. The number of nitrogens with one attached hydrogen (secondary N) is 1. The number of fused-ring (bicyclic) bond motifs is 1. The zero-order valence-electron chi connectivity index (χ0n) is 19.7. The molecule has 10 heteroatoms. The fourth-order valence-corrected chi connectivity index (χ4v) is 5.02. The summed E-state index contributed by atoms with van der Waals surface area (Å²) in [4.78, 5) is 7.64. The van der Waals surface area contributed by atoms with Gasteiger partial charge in [0, 0.05) is 30.6 Å². The molecule has 1 N–H and O–H groups in total. The number of pyridine rings is 1. The Morgan fingerprint density at radius 1 is 1.18 bits per heavy atom. The molecule has 34 heavy (non-hydrogen) atoms. The zero-order chi connectivity index (χ0) is 24.0. The predicted molar refractivity (Wildman–Crippen MR) is 132 cm³/mol. The van der Waals surface area contributed by atoms with E-state index >= 15 is 0 Å². The van der Waals surface area contributed by atoms with Crippen molar-refractivity contribution in [3.63, 3.8) is 0 Å². The monoisotopic (exact) mass is 480 g/mol. The number of hydrogen-bond donors (Lipinski definition) is 1. The van der Waals surface area contributed by atoms with Crippen molar-refractivity contribution in [1.82, 2.24) is 25.0 Å². The first-order valence-corrected chi connectivity index (χ1v) is 13.2. The van der Waals surface area contributed by atoms with Crippen LogP contribution in [0.1, 0.15) is 26.8 Å². The number of rotatable bonds is 5. The maximum atomic E-state index is 12.0. The van der Waals surface area contributed by atoms with Gasteiger partial charge in [-0.3, -0.25) is 9.78 Å². The molecule has 0 radical (unpaired) electrons. The van der Waals surface area contributed by atoms with E-state index < -0.39 is 9.84 Å². The second kappa shape index (κ2) is 8.52. The number of benzene rings is 1. The van der Waals surface area contributed by atoms with Crippen LogP contribution in [0.3, 0.4) is 0 Å². The summed E-state index contributed by atoms with van der Waals surface area (Å²) in [5.41, 5.74) is 5.05. The van der Waals surface area contributed by atoms with Crippen LogP contribution in [0, 0.1) is 0 Å². The van der Waals surface area contributed by atoms with Crippen molar-refractivity contribution in [3.8, 4) is 22.5 Å². The van der Waals surface area contributed by atoms with Crippen molar-refractivity contribution in [2.75, 3.05) is 30.9 Å². The summed E-state index contributed by atoms with van der Waals surface area (Å²) in [6.45, 7) is 8.30. The van der Waals surface area contributed by atoms with Crippen molar-refractivity contribution in [3.05, 3.63) is 42.6 Å². The minimum absolute atomic E-state index is 0.0863. The lowest BCUT2D eigenvalue weighted by Gasteiger charge is -2.34. The fourth-order valence-electron chi connectivity index (χ4n) is 4.39. The van der Waals surface area contributed by atoms with Crippen molar-refractivity contribution < 1.29 is 13.2 Å². The van der Waals surface area contributed by atoms with Gasteiger partial charge in [-0.1, -0.05) is 12.1 Å². The van der Waals surface area contributed by atoms with Gasteiger partial charge in [-0.2, -0.15) is 10.2 Å². The smallest absolute Gasteiger partial charge is 0.175 e. The molecular weight excluding hydrogens is 452 g/mol. The third-order valence-corrected chi connectivity index (χ3v) is 7.27. The zero-order valence-corrected chi connectivity index (χ0v) is 20.5. The molecule has 178 valence electrons. The first-order chi connectivity index (χ1) is 16.2. The van der Waals surface area contributed by atoms with Crippen LogP contribution >= 0.6 is 0 Å². The summed E-state index contributed by atoms with van der Waals surface area (Å²) < 4.78 is 31.7. The van der Waals surface area contributed by atoms with E-state index in [2.05, 4.69) is 41.9 Å². The topological polar surface area (TPSA) is 106 Å². The van der Waals surface area contributed by atoms with Gasteiger partial charge in [0.25, 0.3) is 0 Å². The van der Waals surface area contributed by atoms with E-state index in [4.69, 9.17) is 14.8 Å². The van der Waals surface area contributed by atoms with Gasteiger partial charge in [0.2, 0.25) is 0 Å². The molecule has 5 rings (SSSR count). The molecule has 0 amide bonds. The third kappa shape index (κ3) is 3.97. The predicted octanol–water partition coefficient (Wildman–Crippen LogP) is 3.70. The van der Waals surface area contributed by atoms with Gasteiger partial charge in [0.1, 0.15) is 17.0 Å². The number of aromatic amines is 1. The highest BCUT2D eigenvalue weighted by Crippen LogP contribution is 2.38. The molecule has 1 aliphatic heterocycles. The Balaban J connectivity index is 1.80. The van der Waals surface area contributed by atoms with E-state index in [9.17, 15) is 8.42 Å². The van der Waals surface area contributed by atoms with Crippen LogP contribution < -0.4 is 4.90 Å². The molecule has 1 aromatic carbocycles. The Bertz CT molecular complexity index is 1430. The van der Waals surface area contributed by atoms with Gasteiger partial charge in [0.15, 0.2) is 9.84 Å². The molecule has 1 saturated heterocycles. The van der Waals surface area contributed by atoms with Crippen LogP contribution in [0.4, 0.5) is 5.82 Å². The van der Waals surface area contributed by atoms with Crippen LogP contribution in [-0.4, -0.2) is 65.4 Å². The third-order valence-electron chi connectivity index (χ3n) is 6.14. The Morgan fingerprint density at radius 2 is 1.94 bits per heavy atom. The number of morpholine rings is 1. The van der Waals surface area contributed by atoms with Crippen molar-refractivity contribution in [1.29, 1.82) is 0 Å². The van der Waals surface area contributed by atoms with Gasteiger partial charge in [-0.05, 0) is 50.6 Å². The standard InChI is InChI=1S/C24H28N6O3S/c1-15(2)30-24-19(17-5-7-18(8-6-17)34(4,31)32)13-21(29-11-12-33-14-16(29)3)26-23(24)22(28-30)20-9-10-25-27-20/h5-10,13,15-16H,11-12,14H2,1-4H3,(H,25,27)/t16-/m1/s1. The molecule has 0 unspecified atom stereocenters. The molecule has 3 aromatic heterocycles. The highest BCUT2D eigenvalue weighted by Gasteiger charge is 2.26. The quantitative estimate of drug-likeness (QED) is 0.464. The van der Waals surface area contributed by atoms with Gasteiger partial charge in [0.05, 0.1) is 35.4 Å². The van der Waals surface area contributed by atoms with Gasteiger partial charge < -0.3 is 9.64 Å². The Kier molecular flexibility index (Phi) is 5.65. The maximum absolute atomic E-state index is 12.0. The average molecular weight is 481 g/mol. The second-order valence-corrected chi connectivity index (χ2v) is 11.0. The highest BCUT2D eigenvalue weighted by molar-refractivity contribution is 7.90. The lowest BCUT2D eigenvalue weighted by atomic mass is 10.0. The van der Waals surface area contributed by atoms with Gasteiger partial charge in [-0.15, -0.1) is 0 Å². The number of anilines is 1. The first-order valence-electron chi connectivity index (χ1n) is 11.3. The van der Waals surface area contributed by atoms with Crippen LogP contribution in [0.25, 0.3) is 33.5 Å². The molecule has 0 spiro atoms. The number of hydrogen-bond acceptors (Lipinski definition) is 7. The van der Waals surface area contributed by atoms with Crippen molar-refractivity contribution in [2.24, 2.45) is 0 Å². The Morgan fingerprint density at radius 3 is 2.56 bits per heavy atom. The molecule has 1 atom stereocenters. The minimum atomic E-state index is -3.29. The Hall–Kier alpha value is -3.24. The summed E-state index contributed by atoms with van der Waals surface area (Å²) >= 11 is 0. The molecule has 4 aromatic rings. The summed E-state index contributed by atoms with van der Waals surface area (Å²) in [6, 6.07) is 11.2. The van der Waals surface area contributed by atoms with Crippen molar-refractivity contribution >= 4 is 26.7 Å². The van der Waals surface area contributed by atoms with E-state index in [1.807, 2.05) is 22.9 Å². The molecule has 9 nitrogen and oxygen atoms in total. The molecule has 0 bridgehead atoms. The minimum Gasteiger partial charge on any atom is -0.377 e. The summed E-state index contributed by atoms with van der Waals surface area (Å²) in [7, 11) is -3.29. The SMILES string of the molecule is CC(C)n1nc(-c2ccn[nH]2)c2nc(N3CCOC[C@H]3C)cc(-c3ccc(S(C)(=O)=O)cc3)c21.